The predicted molar refractivity (Wildman–Crippen MR) is 120 cm³/mol. The van der Waals surface area contributed by atoms with Gasteiger partial charge in [0.2, 0.25) is 9.84 Å². The van der Waals surface area contributed by atoms with Crippen LogP contribution in [0.25, 0.3) is 11.0 Å². The molecule has 0 saturated heterocycles. The van der Waals surface area contributed by atoms with Crippen LogP contribution in [-0.2, 0) is 16.4 Å². The number of sulfone groups is 1. The van der Waals surface area contributed by atoms with Gasteiger partial charge in [-0.05, 0) is 42.0 Å². The third kappa shape index (κ3) is 4.36. The molecule has 0 bridgehead atoms. The standard InChI is InChI=1S/C23H17ClN4O2S/c24-17-10-12-18(13-11-17)31(29,30)21(14-25)22-23(26-15-16-6-2-1-3-7-16)28-20-9-5-4-8-19(20)27-22/h1-13,21H,15H2,(H,26,28)/t21-/m0/s1. The Hall–Kier alpha value is -3.47. The number of benzene rings is 3. The highest BCUT2D eigenvalue weighted by atomic mass is 35.5. The van der Waals surface area contributed by atoms with Crippen molar-refractivity contribution in [2.75, 3.05) is 5.32 Å². The van der Waals surface area contributed by atoms with Gasteiger partial charge in [-0.2, -0.15) is 5.26 Å². The van der Waals surface area contributed by atoms with Gasteiger partial charge in [0.25, 0.3) is 0 Å². The van der Waals surface area contributed by atoms with E-state index in [4.69, 9.17) is 11.6 Å². The summed E-state index contributed by atoms with van der Waals surface area (Å²) in [5, 5.41) is 11.9. The van der Waals surface area contributed by atoms with E-state index < -0.39 is 15.1 Å². The maximum absolute atomic E-state index is 13.3. The third-order valence-electron chi connectivity index (χ3n) is 4.72. The smallest absolute Gasteiger partial charge is 0.200 e. The van der Waals surface area contributed by atoms with Gasteiger partial charge in [-0.15, -0.1) is 0 Å². The van der Waals surface area contributed by atoms with E-state index in [0.29, 0.717) is 22.6 Å². The molecule has 1 heterocycles. The highest BCUT2D eigenvalue weighted by molar-refractivity contribution is 7.92. The maximum atomic E-state index is 13.3. The van der Waals surface area contributed by atoms with E-state index in [1.165, 1.54) is 24.3 Å². The number of para-hydroxylation sites is 2. The molecule has 0 radical (unpaired) electrons. The van der Waals surface area contributed by atoms with Crippen LogP contribution in [0.1, 0.15) is 16.5 Å². The number of hydrogen-bond acceptors (Lipinski definition) is 6. The first-order chi connectivity index (χ1) is 15.0. The normalized spacial score (nSPS) is 12.3. The average molecular weight is 449 g/mol. The lowest BCUT2D eigenvalue weighted by molar-refractivity contribution is 0.590. The van der Waals surface area contributed by atoms with E-state index in [2.05, 4.69) is 15.3 Å². The van der Waals surface area contributed by atoms with Gasteiger partial charge in [0.15, 0.2) is 11.1 Å². The molecule has 0 fully saturated rings. The van der Waals surface area contributed by atoms with Crippen LogP contribution in [0, 0.1) is 11.3 Å². The van der Waals surface area contributed by atoms with E-state index in [9.17, 15) is 13.7 Å². The van der Waals surface area contributed by atoms with Crippen LogP contribution in [0.2, 0.25) is 5.02 Å². The lowest BCUT2D eigenvalue weighted by Gasteiger charge is -2.16. The Morgan fingerprint density at radius 2 is 1.52 bits per heavy atom. The van der Waals surface area contributed by atoms with Crippen molar-refractivity contribution >= 4 is 38.3 Å². The molecular formula is C23H17ClN4O2S. The first-order valence-corrected chi connectivity index (χ1v) is 11.3. The number of anilines is 1. The van der Waals surface area contributed by atoms with Crippen LogP contribution in [0.5, 0.6) is 0 Å². The van der Waals surface area contributed by atoms with Crippen LogP contribution in [0.15, 0.2) is 83.8 Å². The Bertz CT molecular complexity index is 1370. The zero-order valence-electron chi connectivity index (χ0n) is 16.2. The first kappa shape index (κ1) is 20.8. The number of nitriles is 1. The quantitative estimate of drug-likeness (QED) is 0.449. The van der Waals surface area contributed by atoms with Crippen LogP contribution >= 0.6 is 11.6 Å². The molecule has 154 valence electrons. The van der Waals surface area contributed by atoms with Crippen molar-refractivity contribution in [3.63, 3.8) is 0 Å². The Balaban J connectivity index is 1.81. The van der Waals surface area contributed by atoms with Crippen molar-refractivity contribution in [1.82, 2.24) is 9.97 Å². The molecule has 0 aliphatic rings. The molecule has 0 spiro atoms. The monoisotopic (exact) mass is 448 g/mol. The molecular weight excluding hydrogens is 432 g/mol. The average Bonchev–Trinajstić information content (AvgIpc) is 2.79. The van der Waals surface area contributed by atoms with Crippen LogP contribution in [0.4, 0.5) is 5.82 Å². The van der Waals surface area contributed by atoms with E-state index >= 15 is 0 Å². The molecule has 0 aliphatic heterocycles. The largest absolute Gasteiger partial charge is 0.364 e. The van der Waals surface area contributed by atoms with E-state index in [1.807, 2.05) is 42.5 Å². The van der Waals surface area contributed by atoms with Gasteiger partial charge in [-0.25, -0.2) is 18.4 Å². The van der Waals surface area contributed by atoms with Crippen molar-refractivity contribution < 1.29 is 8.42 Å². The van der Waals surface area contributed by atoms with Crippen molar-refractivity contribution in [3.05, 3.63) is 95.1 Å². The molecule has 0 aliphatic carbocycles. The number of nitrogens with one attached hydrogen (secondary N) is 1. The number of rotatable bonds is 6. The van der Waals surface area contributed by atoms with Crippen LogP contribution in [-0.4, -0.2) is 18.4 Å². The summed E-state index contributed by atoms with van der Waals surface area (Å²) in [7, 11) is -4.06. The fraction of sp³-hybridized carbons (Fsp3) is 0.0870. The van der Waals surface area contributed by atoms with E-state index in [0.717, 1.165) is 5.56 Å². The zero-order valence-corrected chi connectivity index (χ0v) is 17.8. The molecule has 4 aromatic rings. The topological polar surface area (TPSA) is 95.7 Å². The van der Waals surface area contributed by atoms with E-state index in [1.54, 1.807) is 18.2 Å². The Morgan fingerprint density at radius 1 is 0.903 bits per heavy atom. The Morgan fingerprint density at radius 3 is 2.16 bits per heavy atom. The molecule has 8 heteroatoms. The number of aromatic nitrogens is 2. The molecule has 6 nitrogen and oxygen atoms in total. The molecule has 0 unspecified atom stereocenters. The number of halogens is 1. The first-order valence-electron chi connectivity index (χ1n) is 9.42. The summed E-state index contributed by atoms with van der Waals surface area (Å²) < 4.78 is 26.6. The molecule has 1 atom stereocenters. The zero-order chi connectivity index (χ0) is 21.8. The Labute approximate surface area is 185 Å². The SMILES string of the molecule is N#C[C@@H](c1nc2ccccc2nc1NCc1ccccc1)S(=O)(=O)c1ccc(Cl)cc1. The molecule has 1 N–H and O–H groups in total. The van der Waals surface area contributed by atoms with Gasteiger partial charge < -0.3 is 5.32 Å². The minimum atomic E-state index is -4.06. The van der Waals surface area contributed by atoms with Crippen molar-refractivity contribution in [2.24, 2.45) is 0 Å². The summed E-state index contributed by atoms with van der Waals surface area (Å²) in [5.74, 6) is 0.256. The Kier molecular flexibility index (Phi) is 5.85. The van der Waals surface area contributed by atoms with Gasteiger partial charge in [0.1, 0.15) is 5.69 Å². The summed E-state index contributed by atoms with van der Waals surface area (Å²) in [4.78, 5) is 9.08. The molecule has 0 saturated carbocycles. The molecule has 1 aromatic heterocycles. The minimum absolute atomic E-state index is 0.00702. The van der Waals surface area contributed by atoms with Gasteiger partial charge in [0.05, 0.1) is 22.0 Å². The van der Waals surface area contributed by atoms with Crippen molar-refractivity contribution in [1.29, 1.82) is 5.26 Å². The molecule has 4 rings (SSSR count). The summed E-state index contributed by atoms with van der Waals surface area (Å²) in [6, 6.07) is 24.4. The summed E-state index contributed by atoms with van der Waals surface area (Å²) >= 11 is 5.89. The summed E-state index contributed by atoms with van der Waals surface area (Å²) in [6.07, 6.45) is 0. The van der Waals surface area contributed by atoms with E-state index in [-0.39, 0.29) is 16.4 Å². The number of hydrogen-bond donors (Lipinski definition) is 1. The van der Waals surface area contributed by atoms with Gasteiger partial charge in [0, 0.05) is 11.6 Å². The van der Waals surface area contributed by atoms with Gasteiger partial charge in [-0.3, -0.25) is 0 Å². The van der Waals surface area contributed by atoms with Crippen molar-refractivity contribution in [3.8, 4) is 6.07 Å². The number of fused-ring (bicyclic) bond motifs is 1. The summed E-state index contributed by atoms with van der Waals surface area (Å²) in [5.41, 5.74) is 2.15. The van der Waals surface area contributed by atoms with Gasteiger partial charge in [-0.1, -0.05) is 54.1 Å². The summed E-state index contributed by atoms with van der Waals surface area (Å²) in [6.45, 7) is 0.403. The minimum Gasteiger partial charge on any atom is -0.364 e. The second-order valence-electron chi connectivity index (χ2n) is 6.79. The number of nitrogens with zero attached hydrogens (tertiary/aromatic N) is 3. The van der Waals surface area contributed by atoms with Crippen LogP contribution in [0.3, 0.4) is 0 Å². The second kappa shape index (κ2) is 8.72. The molecule has 3 aromatic carbocycles. The lowest BCUT2D eigenvalue weighted by Crippen LogP contribution is -2.17. The third-order valence-corrected chi connectivity index (χ3v) is 6.85. The fourth-order valence-corrected chi connectivity index (χ4v) is 4.66. The second-order valence-corrected chi connectivity index (χ2v) is 9.26. The highest BCUT2D eigenvalue weighted by Crippen LogP contribution is 2.33. The van der Waals surface area contributed by atoms with Crippen molar-refractivity contribution in [2.45, 2.75) is 16.7 Å². The highest BCUT2D eigenvalue weighted by Gasteiger charge is 2.33. The molecule has 0 amide bonds. The van der Waals surface area contributed by atoms with Gasteiger partial charge >= 0.3 is 0 Å². The molecule has 31 heavy (non-hydrogen) atoms. The van der Waals surface area contributed by atoms with Crippen LogP contribution < -0.4 is 5.32 Å². The fourth-order valence-electron chi connectivity index (χ4n) is 3.15. The lowest BCUT2D eigenvalue weighted by atomic mass is 10.2. The predicted octanol–water partition coefficient (Wildman–Crippen LogP) is 4.93. The maximum Gasteiger partial charge on any atom is 0.200 e.